The highest BCUT2D eigenvalue weighted by Gasteiger charge is 2.29. The number of ether oxygens (including phenoxy) is 1. The van der Waals surface area contributed by atoms with Crippen molar-refractivity contribution in [2.24, 2.45) is 11.7 Å². The number of rotatable bonds is 5. The molecule has 0 radical (unpaired) electrons. The first kappa shape index (κ1) is 19.4. The number of carbonyl (C=O) groups is 2. The molecule has 0 unspecified atom stereocenters. The second-order valence-corrected chi connectivity index (χ2v) is 6.83. The highest BCUT2D eigenvalue weighted by atomic mass is 16.5. The number of hydrogen-bond acceptors (Lipinski definition) is 7. The Kier molecular flexibility index (Phi) is 5.59. The van der Waals surface area contributed by atoms with Crippen LogP contribution in [0.3, 0.4) is 0 Å². The number of primary amides is 1. The summed E-state index contributed by atoms with van der Waals surface area (Å²) in [5.41, 5.74) is 7.14. The summed E-state index contributed by atoms with van der Waals surface area (Å²) >= 11 is 0. The largest absolute Gasteiger partial charge is 0.464 e. The maximum Gasteiger partial charge on any atom is 0.356 e. The maximum absolute atomic E-state index is 11.9. The molecule has 3 rings (SSSR count). The van der Waals surface area contributed by atoms with E-state index in [9.17, 15) is 14.9 Å². The van der Waals surface area contributed by atoms with Crippen LogP contribution in [0.25, 0.3) is 0 Å². The molecule has 1 aliphatic carbocycles. The molecule has 0 aliphatic heterocycles. The van der Waals surface area contributed by atoms with Gasteiger partial charge in [0, 0.05) is 6.20 Å². The second kappa shape index (κ2) is 8.08. The summed E-state index contributed by atoms with van der Waals surface area (Å²) in [5.74, 6) is -0.993. The van der Waals surface area contributed by atoms with Crippen molar-refractivity contribution in [1.82, 2.24) is 14.8 Å². The molecule has 28 heavy (non-hydrogen) atoms. The third kappa shape index (κ3) is 3.81. The molecule has 2 atom stereocenters. The van der Waals surface area contributed by atoms with Crippen molar-refractivity contribution in [2.75, 3.05) is 12.4 Å². The fourth-order valence-electron chi connectivity index (χ4n) is 3.50. The van der Waals surface area contributed by atoms with Crippen LogP contribution in [-0.2, 0) is 4.74 Å². The number of esters is 1. The Morgan fingerprint density at radius 3 is 2.79 bits per heavy atom. The molecular weight excluding hydrogens is 360 g/mol. The van der Waals surface area contributed by atoms with E-state index >= 15 is 0 Å². The minimum atomic E-state index is -0.617. The Bertz CT molecular complexity index is 946. The van der Waals surface area contributed by atoms with Gasteiger partial charge in [0.25, 0.3) is 5.91 Å². The first-order chi connectivity index (χ1) is 13.4. The summed E-state index contributed by atoms with van der Waals surface area (Å²) in [4.78, 5) is 27.7. The van der Waals surface area contributed by atoms with E-state index in [-0.39, 0.29) is 23.2 Å². The van der Waals surface area contributed by atoms with Crippen LogP contribution >= 0.6 is 0 Å². The predicted molar refractivity (Wildman–Crippen MR) is 101 cm³/mol. The van der Waals surface area contributed by atoms with Gasteiger partial charge in [0.15, 0.2) is 11.5 Å². The Morgan fingerprint density at radius 1 is 1.39 bits per heavy atom. The summed E-state index contributed by atoms with van der Waals surface area (Å²) < 4.78 is 6.36. The molecule has 3 N–H and O–H groups in total. The zero-order valence-electron chi connectivity index (χ0n) is 15.8. The number of methoxy groups -OCH3 is 1. The van der Waals surface area contributed by atoms with Gasteiger partial charge in [0.05, 0.1) is 37.0 Å². The number of nitrogens with zero attached hydrogens (tertiary/aromatic N) is 4. The lowest BCUT2D eigenvalue weighted by Crippen LogP contribution is -2.22. The van der Waals surface area contributed by atoms with Crippen molar-refractivity contribution < 1.29 is 14.3 Å². The number of aryl methyl sites for hydroxylation is 1. The van der Waals surface area contributed by atoms with Gasteiger partial charge >= 0.3 is 5.97 Å². The van der Waals surface area contributed by atoms with Crippen molar-refractivity contribution in [3.8, 4) is 6.07 Å². The summed E-state index contributed by atoms with van der Waals surface area (Å²) in [6, 6.07) is 3.96. The van der Waals surface area contributed by atoms with Gasteiger partial charge in [-0.2, -0.15) is 10.4 Å². The van der Waals surface area contributed by atoms with Gasteiger partial charge in [0.2, 0.25) is 0 Å². The monoisotopic (exact) mass is 382 g/mol. The molecule has 146 valence electrons. The average Bonchev–Trinajstić information content (AvgIpc) is 3.11. The summed E-state index contributed by atoms with van der Waals surface area (Å²) in [7, 11) is 1.29. The van der Waals surface area contributed by atoms with E-state index < -0.39 is 11.9 Å². The van der Waals surface area contributed by atoms with E-state index in [1.807, 2.05) is 0 Å². The van der Waals surface area contributed by atoms with E-state index in [4.69, 9.17) is 10.5 Å². The molecule has 1 fully saturated rings. The Balaban J connectivity index is 1.91. The van der Waals surface area contributed by atoms with Crippen LogP contribution in [0.15, 0.2) is 18.5 Å². The van der Waals surface area contributed by atoms with Crippen LogP contribution in [0.4, 0.5) is 11.5 Å². The predicted octanol–water partition coefficient (Wildman–Crippen LogP) is 2.47. The lowest BCUT2D eigenvalue weighted by atomic mass is 9.85. The number of amides is 1. The third-order valence-electron chi connectivity index (χ3n) is 4.95. The van der Waals surface area contributed by atoms with E-state index in [1.54, 1.807) is 23.9 Å². The Hall–Kier alpha value is -3.41. The normalized spacial score (nSPS) is 18.9. The standard InChI is InChI=1S/C19H22N6O3/c1-11-7-13(9-22-16(11)19(27)28-2)23-18-14(17(21)26)10-25(24-18)15-6-4-3-5-12(15)8-20/h7,9-10,12,15H,3-6H2,1-2H3,(H2,21,26)(H,23,24)/t12-,15+/m1/s1. The topological polar surface area (TPSA) is 136 Å². The van der Waals surface area contributed by atoms with E-state index in [0.29, 0.717) is 17.1 Å². The van der Waals surface area contributed by atoms with Gasteiger partial charge in [-0.25, -0.2) is 9.78 Å². The Labute approximate surface area is 162 Å². The molecular formula is C19H22N6O3. The van der Waals surface area contributed by atoms with Crippen molar-refractivity contribution in [3.05, 3.63) is 35.3 Å². The number of aromatic nitrogens is 3. The molecule has 0 saturated heterocycles. The number of pyridine rings is 1. The lowest BCUT2D eigenvalue weighted by Gasteiger charge is -2.26. The van der Waals surface area contributed by atoms with Gasteiger partial charge in [-0.15, -0.1) is 0 Å². The maximum atomic E-state index is 11.9. The van der Waals surface area contributed by atoms with Gasteiger partial charge in [-0.05, 0) is 31.4 Å². The van der Waals surface area contributed by atoms with E-state index in [2.05, 4.69) is 21.5 Å². The smallest absolute Gasteiger partial charge is 0.356 e. The van der Waals surface area contributed by atoms with E-state index in [0.717, 1.165) is 25.7 Å². The van der Waals surface area contributed by atoms with Gasteiger partial charge in [-0.3, -0.25) is 9.48 Å². The molecule has 0 bridgehead atoms. The number of anilines is 2. The van der Waals surface area contributed by atoms with Crippen molar-refractivity contribution >= 4 is 23.4 Å². The SMILES string of the molecule is COC(=O)c1ncc(Nc2nn([C@H]3CCCC[C@@H]3C#N)cc2C(N)=O)cc1C. The summed E-state index contributed by atoms with van der Waals surface area (Å²) in [5, 5.41) is 16.9. The van der Waals surface area contributed by atoms with Crippen LogP contribution < -0.4 is 11.1 Å². The molecule has 9 heteroatoms. The number of carbonyl (C=O) groups excluding carboxylic acids is 2. The number of nitrogens with one attached hydrogen (secondary N) is 1. The van der Waals surface area contributed by atoms with Gasteiger partial charge in [-0.1, -0.05) is 12.8 Å². The molecule has 2 heterocycles. The fraction of sp³-hybridized carbons (Fsp3) is 0.421. The zero-order valence-corrected chi connectivity index (χ0v) is 15.8. The lowest BCUT2D eigenvalue weighted by molar-refractivity contribution is 0.0593. The van der Waals surface area contributed by atoms with Crippen molar-refractivity contribution in [3.63, 3.8) is 0 Å². The second-order valence-electron chi connectivity index (χ2n) is 6.83. The zero-order chi connectivity index (χ0) is 20.3. The fourth-order valence-corrected chi connectivity index (χ4v) is 3.50. The quantitative estimate of drug-likeness (QED) is 0.758. The van der Waals surface area contributed by atoms with Crippen molar-refractivity contribution in [1.29, 1.82) is 5.26 Å². The summed E-state index contributed by atoms with van der Waals surface area (Å²) in [6.07, 6.45) is 6.71. The van der Waals surface area contributed by atoms with Crippen LogP contribution in [0.1, 0.15) is 58.1 Å². The van der Waals surface area contributed by atoms with Crippen LogP contribution in [0.5, 0.6) is 0 Å². The first-order valence-corrected chi connectivity index (χ1v) is 9.05. The molecule has 2 aromatic rings. The van der Waals surface area contributed by atoms with Gasteiger partial charge in [0.1, 0.15) is 5.56 Å². The summed E-state index contributed by atoms with van der Waals surface area (Å²) in [6.45, 7) is 1.73. The number of hydrogen-bond donors (Lipinski definition) is 2. The van der Waals surface area contributed by atoms with E-state index in [1.165, 1.54) is 13.3 Å². The van der Waals surface area contributed by atoms with Crippen LogP contribution in [-0.4, -0.2) is 33.8 Å². The highest BCUT2D eigenvalue weighted by Crippen LogP contribution is 2.34. The van der Waals surface area contributed by atoms with Crippen molar-refractivity contribution in [2.45, 2.75) is 38.6 Å². The minimum absolute atomic E-state index is 0.0889. The highest BCUT2D eigenvalue weighted by molar-refractivity contribution is 5.98. The number of nitrogens with two attached hydrogens (primary N) is 1. The number of nitriles is 1. The molecule has 1 saturated carbocycles. The minimum Gasteiger partial charge on any atom is -0.464 e. The van der Waals surface area contributed by atoms with Crippen LogP contribution in [0, 0.1) is 24.2 Å². The molecule has 0 spiro atoms. The van der Waals surface area contributed by atoms with Crippen LogP contribution in [0.2, 0.25) is 0 Å². The first-order valence-electron chi connectivity index (χ1n) is 9.05. The van der Waals surface area contributed by atoms with Gasteiger partial charge < -0.3 is 15.8 Å². The molecule has 2 aromatic heterocycles. The Morgan fingerprint density at radius 2 is 2.14 bits per heavy atom. The average molecular weight is 382 g/mol. The third-order valence-corrected chi connectivity index (χ3v) is 4.95. The molecule has 1 amide bonds. The molecule has 9 nitrogen and oxygen atoms in total. The molecule has 0 aromatic carbocycles. The molecule has 1 aliphatic rings.